The lowest BCUT2D eigenvalue weighted by Gasteiger charge is -2.24. The fourth-order valence-electron chi connectivity index (χ4n) is 3.94. The summed E-state index contributed by atoms with van der Waals surface area (Å²) in [5.74, 6) is 6.30. The standard InChI is InChI=1S/C23H22F2N4O2/c1-3-17-21-27-16-11-10-14(7-4-5-12-26)13-18(16)29(21)20-15(22(30)28(17)2)8-6-9-19(20)31-23(24)25/h6,8-11,13,17,23H,3,5,12,26H2,1-2H3/t17-/m1/s1. The van der Waals surface area contributed by atoms with Gasteiger partial charge in [0.15, 0.2) is 5.75 Å². The van der Waals surface area contributed by atoms with E-state index in [2.05, 4.69) is 11.8 Å². The number of alkyl halides is 2. The molecule has 0 spiro atoms. The first-order chi connectivity index (χ1) is 15.0. The van der Waals surface area contributed by atoms with Gasteiger partial charge in [-0.05, 0) is 36.8 Å². The number of nitrogens with zero attached hydrogens (tertiary/aromatic N) is 3. The maximum Gasteiger partial charge on any atom is 0.387 e. The summed E-state index contributed by atoms with van der Waals surface area (Å²) < 4.78 is 32.9. The number of hydrogen-bond donors (Lipinski definition) is 1. The van der Waals surface area contributed by atoms with Crippen molar-refractivity contribution in [3.63, 3.8) is 0 Å². The summed E-state index contributed by atoms with van der Waals surface area (Å²) in [6, 6.07) is 9.80. The molecule has 0 saturated carbocycles. The Bertz CT molecular complexity index is 1210. The van der Waals surface area contributed by atoms with E-state index >= 15 is 0 Å². The van der Waals surface area contributed by atoms with Crippen LogP contribution in [0.4, 0.5) is 8.78 Å². The van der Waals surface area contributed by atoms with Gasteiger partial charge in [-0.15, -0.1) is 0 Å². The molecule has 1 aliphatic rings. The molecule has 2 aromatic carbocycles. The van der Waals surface area contributed by atoms with E-state index in [4.69, 9.17) is 15.5 Å². The fraction of sp³-hybridized carbons (Fsp3) is 0.304. The van der Waals surface area contributed by atoms with Crippen LogP contribution >= 0.6 is 0 Å². The average Bonchev–Trinajstić information content (AvgIpc) is 3.07. The summed E-state index contributed by atoms with van der Waals surface area (Å²) in [4.78, 5) is 19.6. The predicted octanol–water partition coefficient (Wildman–Crippen LogP) is 3.86. The monoisotopic (exact) mass is 424 g/mol. The number of hydrogen-bond acceptors (Lipinski definition) is 4. The van der Waals surface area contributed by atoms with E-state index in [0.29, 0.717) is 36.2 Å². The topological polar surface area (TPSA) is 73.4 Å². The Balaban J connectivity index is 2.06. The molecule has 1 amide bonds. The molecule has 2 heterocycles. The molecule has 0 fully saturated rings. The highest BCUT2D eigenvalue weighted by molar-refractivity contribution is 6.00. The third kappa shape index (κ3) is 3.62. The molecule has 0 aliphatic carbocycles. The van der Waals surface area contributed by atoms with Crippen LogP contribution in [-0.2, 0) is 0 Å². The van der Waals surface area contributed by atoms with Crippen LogP contribution in [0, 0.1) is 11.8 Å². The molecule has 6 nitrogen and oxygen atoms in total. The minimum absolute atomic E-state index is 0.0776. The van der Waals surface area contributed by atoms with Crippen molar-refractivity contribution in [2.45, 2.75) is 32.4 Å². The minimum Gasteiger partial charge on any atom is -0.433 e. The zero-order chi connectivity index (χ0) is 22.1. The summed E-state index contributed by atoms with van der Waals surface area (Å²) >= 11 is 0. The Labute approximate surface area is 178 Å². The van der Waals surface area contributed by atoms with Crippen LogP contribution in [0.5, 0.6) is 5.75 Å². The number of imidazole rings is 1. The molecule has 31 heavy (non-hydrogen) atoms. The van der Waals surface area contributed by atoms with Gasteiger partial charge < -0.3 is 15.4 Å². The van der Waals surface area contributed by atoms with Crippen molar-refractivity contribution in [2.24, 2.45) is 5.73 Å². The molecule has 8 heteroatoms. The van der Waals surface area contributed by atoms with Gasteiger partial charge in [0.1, 0.15) is 11.5 Å². The molecule has 1 aliphatic heterocycles. The van der Waals surface area contributed by atoms with Gasteiger partial charge in [0.2, 0.25) is 0 Å². The number of halogens is 2. The lowest BCUT2D eigenvalue weighted by molar-refractivity contribution is -0.0498. The number of rotatable bonds is 4. The summed E-state index contributed by atoms with van der Waals surface area (Å²) in [6.45, 7) is -0.611. The molecule has 0 radical (unpaired) electrons. The number of nitrogens with two attached hydrogens (primary N) is 1. The van der Waals surface area contributed by atoms with Crippen molar-refractivity contribution in [1.82, 2.24) is 14.5 Å². The summed E-state index contributed by atoms with van der Waals surface area (Å²) in [7, 11) is 1.69. The molecule has 3 aromatic rings. The van der Waals surface area contributed by atoms with Crippen LogP contribution in [0.15, 0.2) is 36.4 Å². The van der Waals surface area contributed by atoms with Crippen molar-refractivity contribution in [3.8, 4) is 23.3 Å². The molecule has 0 bridgehead atoms. The molecule has 160 valence electrons. The molecule has 2 N–H and O–H groups in total. The second-order valence-electron chi connectivity index (χ2n) is 7.22. The van der Waals surface area contributed by atoms with E-state index in [1.165, 1.54) is 12.1 Å². The number of para-hydroxylation sites is 1. The summed E-state index contributed by atoms with van der Waals surface area (Å²) in [5, 5.41) is 0. The van der Waals surface area contributed by atoms with Crippen molar-refractivity contribution in [1.29, 1.82) is 0 Å². The zero-order valence-electron chi connectivity index (χ0n) is 17.2. The van der Waals surface area contributed by atoms with E-state index in [1.54, 1.807) is 22.6 Å². The van der Waals surface area contributed by atoms with E-state index < -0.39 is 6.61 Å². The highest BCUT2D eigenvalue weighted by Crippen LogP contribution is 2.40. The van der Waals surface area contributed by atoms with Gasteiger partial charge >= 0.3 is 6.61 Å². The third-order valence-electron chi connectivity index (χ3n) is 5.32. The maximum absolute atomic E-state index is 13.2. The number of aromatic nitrogens is 2. The molecule has 4 rings (SSSR count). The number of carbonyl (C=O) groups is 1. The number of amides is 1. The van der Waals surface area contributed by atoms with Crippen LogP contribution in [0.1, 0.15) is 47.6 Å². The first-order valence-electron chi connectivity index (χ1n) is 10.0. The SMILES string of the molecule is CC[C@@H]1c2nc3ccc(C#CCCN)cc3n2-c2c(OC(F)F)cccc2C(=O)N1C. The highest BCUT2D eigenvalue weighted by atomic mass is 19.3. The van der Waals surface area contributed by atoms with E-state index in [-0.39, 0.29) is 28.9 Å². The van der Waals surface area contributed by atoms with Gasteiger partial charge in [0.25, 0.3) is 5.91 Å². The molecular formula is C23H22F2N4O2. The van der Waals surface area contributed by atoms with Gasteiger partial charge in [0, 0.05) is 25.6 Å². The first kappa shape index (κ1) is 20.8. The quantitative estimate of drug-likeness (QED) is 0.646. The Morgan fingerprint density at radius 1 is 1.29 bits per heavy atom. The predicted molar refractivity (Wildman–Crippen MR) is 113 cm³/mol. The van der Waals surface area contributed by atoms with E-state index in [1.807, 2.05) is 25.1 Å². The van der Waals surface area contributed by atoms with Crippen LogP contribution < -0.4 is 10.5 Å². The molecule has 0 saturated heterocycles. The number of benzene rings is 2. The third-order valence-corrected chi connectivity index (χ3v) is 5.32. The van der Waals surface area contributed by atoms with Crippen LogP contribution in [0.3, 0.4) is 0 Å². The highest BCUT2D eigenvalue weighted by Gasteiger charge is 2.35. The lowest BCUT2D eigenvalue weighted by Crippen LogP contribution is -2.30. The molecule has 0 unspecified atom stereocenters. The van der Waals surface area contributed by atoms with Crippen LogP contribution in [0.2, 0.25) is 0 Å². The lowest BCUT2D eigenvalue weighted by atomic mass is 10.1. The van der Waals surface area contributed by atoms with Crippen LogP contribution in [0.25, 0.3) is 16.7 Å². The van der Waals surface area contributed by atoms with Gasteiger partial charge in [-0.1, -0.05) is 24.8 Å². The molecule has 1 atom stereocenters. The summed E-state index contributed by atoms with van der Waals surface area (Å²) in [5.41, 5.74) is 8.14. The van der Waals surface area contributed by atoms with Gasteiger partial charge in [-0.2, -0.15) is 8.78 Å². The second kappa shape index (κ2) is 8.36. The first-order valence-corrected chi connectivity index (χ1v) is 10.0. The van der Waals surface area contributed by atoms with Crippen molar-refractivity contribution < 1.29 is 18.3 Å². The summed E-state index contributed by atoms with van der Waals surface area (Å²) in [6.07, 6.45) is 1.17. The van der Waals surface area contributed by atoms with Gasteiger partial charge in [0.05, 0.1) is 22.6 Å². The molecule has 1 aromatic heterocycles. The Hall–Kier alpha value is -3.44. The van der Waals surface area contributed by atoms with Crippen molar-refractivity contribution in [3.05, 3.63) is 53.3 Å². The normalized spacial score (nSPS) is 15.4. The fourth-order valence-corrected chi connectivity index (χ4v) is 3.94. The smallest absolute Gasteiger partial charge is 0.387 e. The van der Waals surface area contributed by atoms with Crippen molar-refractivity contribution >= 4 is 16.9 Å². The zero-order valence-corrected chi connectivity index (χ0v) is 17.2. The van der Waals surface area contributed by atoms with E-state index in [0.717, 1.165) is 5.56 Å². The van der Waals surface area contributed by atoms with Crippen molar-refractivity contribution in [2.75, 3.05) is 13.6 Å². The second-order valence-corrected chi connectivity index (χ2v) is 7.22. The number of fused-ring (bicyclic) bond motifs is 5. The average molecular weight is 424 g/mol. The van der Waals surface area contributed by atoms with E-state index in [9.17, 15) is 13.6 Å². The Morgan fingerprint density at radius 2 is 2.10 bits per heavy atom. The number of ether oxygens (including phenoxy) is 1. The van der Waals surface area contributed by atoms with Gasteiger partial charge in [-0.3, -0.25) is 9.36 Å². The largest absolute Gasteiger partial charge is 0.433 e. The van der Waals surface area contributed by atoms with Gasteiger partial charge in [-0.25, -0.2) is 4.98 Å². The Morgan fingerprint density at radius 3 is 2.81 bits per heavy atom. The molecular weight excluding hydrogens is 402 g/mol. The minimum atomic E-state index is -3.03. The maximum atomic E-state index is 13.2. The van der Waals surface area contributed by atoms with Crippen LogP contribution in [-0.4, -0.2) is 40.6 Å². The number of carbonyl (C=O) groups excluding carboxylic acids is 1. The Kier molecular flexibility index (Phi) is 5.61.